The smallest absolute Gasteiger partial charge is 0.188 e. The maximum Gasteiger partial charge on any atom is 0.188 e. The van der Waals surface area contributed by atoms with Crippen LogP contribution in [0.1, 0.15) is 5.56 Å². The van der Waals surface area contributed by atoms with Gasteiger partial charge in [0.25, 0.3) is 0 Å². The first-order valence-corrected chi connectivity index (χ1v) is 6.31. The fourth-order valence-electron chi connectivity index (χ4n) is 2.07. The molecule has 0 radical (unpaired) electrons. The molecule has 5 heteroatoms. The molecule has 0 fully saturated rings. The number of nitriles is 1. The zero-order valence-electron chi connectivity index (χ0n) is 11.4. The lowest BCUT2D eigenvalue weighted by Gasteiger charge is -2.03. The lowest BCUT2D eigenvalue weighted by molar-refractivity contribution is 0.0512. The molecule has 0 saturated carbocycles. The van der Waals surface area contributed by atoms with Crippen LogP contribution in [0.25, 0.3) is 22.3 Å². The van der Waals surface area contributed by atoms with E-state index in [1.165, 1.54) is 6.20 Å². The third kappa shape index (κ3) is 2.57. The molecule has 3 aromatic rings. The maximum absolute atomic E-state index is 9.13. The van der Waals surface area contributed by atoms with Gasteiger partial charge in [-0.1, -0.05) is 0 Å². The highest BCUT2D eigenvalue weighted by molar-refractivity contribution is 5.85. The van der Waals surface area contributed by atoms with Crippen LogP contribution in [-0.2, 0) is 4.74 Å². The molecule has 21 heavy (non-hydrogen) atoms. The van der Waals surface area contributed by atoms with Gasteiger partial charge in [0, 0.05) is 30.5 Å². The molecule has 0 bridgehead atoms. The van der Waals surface area contributed by atoms with Gasteiger partial charge in [-0.15, -0.1) is 0 Å². The van der Waals surface area contributed by atoms with Crippen LogP contribution in [0.5, 0.6) is 5.75 Å². The van der Waals surface area contributed by atoms with E-state index in [2.05, 4.69) is 11.1 Å². The highest BCUT2D eigenvalue weighted by Crippen LogP contribution is 2.31. The second-order valence-electron chi connectivity index (χ2n) is 4.39. The molecule has 0 spiro atoms. The number of furan rings is 1. The average molecular weight is 280 g/mol. The second kappa shape index (κ2) is 5.65. The fraction of sp³-hybridized carbons (Fsp3) is 0.125. The lowest BCUT2D eigenvalue weighted by atomic mass is 10.1. The van der Waals surface area contributed by atoms with Crippen LogP contribution in [0.15, 0.2) is 47.1 Å². The summed E-state index contributed by atoms with van der Waals surface area (Å²) in [7, 11) is 1.57. The van der Waals surface area contributed by atoms with Crippen LogP contribution in [0.3, 0.4) is 0 Å². The number of hydrogen-bond donors (Lipinski definition) is 0. The standard InChI is InChI=1S/C16H12N2O3/c1-19-10-20-13-2-3-15-11(6-13)7-16(21-15)14-4-5-18-9-12(14)8-17/h2-7,9H,10H2,1H3. The molecule has 0 aliphatic rings. The summed E-state index contributed by atoms with van der Waals surface area (Å²) in [5, 5.41) is 10.0. The summed E-state index contributed by atoms with van der Waals surface area (Å²) in [6.45, 7) is 0.194. The largest absolute Gasteiger partial charge is 0.468 e. The molecule has 0 saturated heterocycles. The van der Waals surface area contributed by atoms with Gasteiger partial charge in [-0.2, -0.15) is 5.26 Å². The maximum atomic E-state index is 9.13. The van der Waals surface area contributed by atoms with E-state index in [1.54, 1.807) is 19.4 Å². The number of fused-ring (bicyclic) bond motifs is 1. The predicted molar refractivity (Wildman–Crippen MR) is 76.7 cm³/mol. The zero-order valence-corrected chi connectivity index (χ0v) is 11.4. The lowest BCUT2D eigenvalue weighted by Crippen LogP contribution is -1.98. The fourth-order valence-corrected chi connectivity index (χ4v) is 2.07. The van der Waals surface area contributed by atoms with Gasteiger partial charge in [-0.25, -0.2) is 0 Å². The Labute approximate surface area is 121 Å². The average Bonchev–Trinajstić information content (AvgIpc) is 2.95. The van der Waals surface area contributed by atoms with Crippen molar-refractivity contribution >= 4 is 11.0 Å². The van der Waals surface area contributed by atoms with Gasteiger partial charge in [0.1, 0.15) is 23.2 Å². The summed E-state index contributed by atoms with van der Waals surface area (Å²) < 4.78 is 16.1. The van der Waals surface area contributed by atoms with Gasteiger partial charge >= 0.3 is 0 Å². The van der Waals surface area contributed by atoms with Crippen LogP contribution in [0.4, 0.5) is 0 Å². The van der Waals surface area contributed by atoms with Gasteiger partial charge in [0.15, 0.2) is 6.79 Å². The first-order chi connectivity index (χ1) is 10.3. The Balaban J connectivity index is 2.03. The highest BCUT2D eigenvalue weighted by Gasteiger charge is 2.11. The van der Waals surface area contributed by atoms with E-state index >= 15 is 0 Å². The van der Waals surface area contributed by atoms with Crippen molar-refractivity contribution in [2.24, 2.45) is 0 Å². The van der Waals surface area contributed by atoms with E-state index in [9.17, 15) is 0 Å². The first kappa shape index (κ1) is 13.2. The Morgan fingerprint density at radius 3 is 3.00 bits per heavy atom. The molecular weight excluding hydrogens is 268 g/mol. The zero-order chi connectivity index (χ0) is 14.7. The highest BCUT2D eigenvalue weighted by atomic mass is 16.7. The number of ether oxygens (including phenoxy) is 2. The molecule has 5 nitrogen and oxygen atoms in total. The second-order valence-corrected chi connectivity index (χ2v) is 4.39. The van der Waals surface area contributed by atoms with E-state index in [1.807, 2.05) is 24.3 Å². The monoisotopic (exact) mass is 280 g/mol. The van der Waals surface area contributed by atoms with Gasteiger partial charge in [0.05, 0.1) is 5.56 Å². The number of nitrogens with zero attached hydrogens (tertiary/aromatic N) is 2. The molecule has 2 aromatic heterocycles. The van der Waals surface area contributed by atoms with Crippen molar-refractivity contribution in [2.45, 2.75) is 0 Å². The molecule has 0 atom stereocenters. The Morgan fingerprint density at radius 2 is 2.19 bits per heavy atom. The number of hydrogen-bond acceptors (Lipinski definition) is 5. The van der Waals surface area contributed by atoms with Crippen LogP contribution < -0.4 is 4.74 Å². The van der Waals surface area contributed by atoms with Crippen molar-refractivity contribution in [3.05, 3.63) is 48.3 Å². The normalized spacial score (nSPS) is 10.5. The molecule has 2 heterocycles. The molecule has 104 valence electrons. The van der Waals surface area contributed by atoms with Crippen molar-refractivity contribution in [2.75, 3.05) is 13.9 Å². The topological polar surface area (TPSA) is 68.3 Å². The third-order valence-electron chi connectivity index (χ3n) is 3.04. The Morgan fingerprint density at radius 1 is 1.29 bits per heavy atom. The Bertz CT molecular complexity index is 818. The third-order valence-corrected chi connectivity index (χ3v) is 3.04. The van der Waals surface area contributed by atoms with Crippen LogP contribution in [0, 0.1) is 11.3 Å². The number of pyridine rings is 1. The van der Waals surface area contributed by atoms with E-state index in [0.29, 0.717) is 17.1 Å². The van der Waals surface area contributed by atoms with Crippen LogP contribution in [0.2, 0.25) is 0 Å². The van der Waals surface area contributed by atoms with Gasteiger partial charge < -0.3 is 13.9 Å². The van der Waals surface area contributed by atoms with Gasteiger partial charge in [-0.3, -0.25) is 4.98 Å². The predicted octanol–water partition coefficient (Wildman–Crippen LogP) is 3.35. The molecule has 0 unspecified atom stereocenters. The van der Waals surface area contributed by atoms with Crippen molar-refractivity contribution < 1.29 is 13.9 Å². The summed E-state index contributed by atoms with van der Waals surface area (Å²) in [4.78, 5) is 3.95. The van der Waals surface area contributed by atoms with Gasteiger partial charge in [0.2, 0.25) is 0 Å². The Hall–Kier alpha value is -2.84. The van der Waals surface area contributed by atoms with Gasteiger partial charge in [-0.05, 0) is 30.3 Å². The summed E-state index contributed by atoms with van der Waals surface area (Å²) in [6.07, 6.45) is 3.16. The SMILES string of the molecule is COCOc1ccc2oc(-c3ccncc3C#N)cc2c1. The molecule has 0 aliphatic carbocycles. The van der Waals surface area contributed by atoms with E-state index < -0.39 is 0 Å². The minimum atomic E-state index is 0.194. The number of methoxy groups -OCH3 is 1. The number of rotatable bonds is 4. The van der Waals surface area contributed by atoms with Crippen LogP contribution in [-0.4, -0.2) is 18.9 Å². The molecule has 0 amide bonds. The summed E-state index contributed by atoms with van der Waals surface area (Å²) in [5.41, 5.74) is 1.94. The van der Waals surface area contributed by atoms with Crippen molar-refractivity contribution in [1.82, 2.24) is 4.98 Å². The number of aromatic nitrogens is 1. The molecule has 0 N–H and O–H groups in total. The minimum absolute atomic E-state index is 0.194. The number of benzene rings is 1. The van der Waals surface area contributed by atoms with Crippen LogP contribution >= 0.6 is 0 Å². The quantitative estimate of drug-likeness (QED) is 0.685. The first-order valence-electron chi connectivity index (χ1n) is 6.31. The molecular formula is C16H12N2O3. The summed E-state index contributed by atoms with van der Waals surface area (Å²) in [6, 6.07) is 11.3. The summed E-state index contributed by atoms with van der Waals surface area (Å²) in [5.74, 6) is 1.33. The van der Waals surface area contributed by atoms with Crippen molar-refractivity contribution in [3.63, 3.8) is 0 Å². The van der Waals surface area contributed by atoms with E-state index in [-0.39, 0.29) is 6.79 Å². The van der Waals surface area contributed by atoms with Crippen molar-refractivity contribution in [3.8, 4) is 23.1 Å². The molecule has 1 aromatic carbocycles. The summed E-state index contributed by atoms with van der Waals surface area (Å²) >= 11 is 0. The van der Waals surface area contributed by atoms with Crippen molar-refractivity contribution in [1.29, 1.82) is 5.26 Å². The van der Waals surface area contributed by atoms with E-state index in [4.69, 9.17) is 19.2 Å². The molecule has 3 rings (SSSR count). The Kier molecular flexibility index (Phi) is 3.54. The van der Waals surface area contributed by atoms with E-state index in [0.717, 1.165) is 16.5 Å². The molecule has 0 aliphatic heterocycles. The minimum Gasteiger partial charge on any atom is -0.468 e.